The van der Waals surface area contributed by atoms with Gasteiger partial charge in [-0.25, -0.2) is 4.98 Å². The third-order valence-electron chi connectivity index (χ3n) is 2.70. The molecule has 2 aromatic heterocycles. The van der Waals surface area contributed by atoms with E-state index in [-0.39, 0.29) is 0 Å². The Morgan fingerprint density at radius 3 is 2.78 bits per heavy atom. The Bertz CT molecular complexity index is 500. The summed E-state index contributed by atoms with van der Waals surface area (Å²) in [5.74, 6) is 0.940. The van der Waals surface area contributed by atoms with E-state index >= 15 is 0 Å². The average Bonchev–Trinajstić information content (AvgIpc) is 2.84. The first-order valence-corrected chi connectivity index (χ1v) is 6.49. The van der Waals surface area contributed by atoms with Crippen molar-refractivity contribution in [2.24, 2.45) is 0 Å². The Kier molecular flexibility index (Phi) is 4.64. The molecule has 96 valence electrons. The van der Waals surface area contributed by atoms with E-state index in [1.807, 2.05) is 12.1 Å². The molecule has 5 heteroatoms. The molecule has 18 heavy (non-hydrogen) atoms. The van der Waals surface area contributed by atoms with Crippen LogP contribution in [0, 0.1) is 0 Å². The molecule has 0 amide bonds. The fourth-order valence-electron chi connectivity index (χ4n) is 1.70. The van der Waals surface area contributed by atoms with Crippen LogP contribution in [0.5, 0.6) is 0 Å². The minimum atomic E-state index is 0.415. The van der Waals surface area contributed by atoms with Crippen LogP contribution in [0.2, 0.25) is 10.2 Å². The average molecular weight is 285 g/mol. The smallest absolute Gasteiger partial charge is 0.130 e. The van der Waals surface area contributed by atoms with Crippen molar-refractivity contribution in [2.75, 3.05) is 6.54 Å². The number of nitrogens with zero attached hydrogens (tertiary/aromatic N) is 2. The van der Waals surface area contributed by atoms with Crippen molar-refractivity contribution in [3.05, 3.63) is 52.2 Å². The Morgan fingerprint density at radius 1 is 1.33 bits per heavy atom. The second kappa shape index (κ2) is 6.23. The number of aromatic nitrogens is 1. The van der Waals surface area contributed by atoms with Gasteiger partial charge in [0.25, 0.3) is 0 Å². The lowest BCUT2D eigenvalue weighted by Crippen LogP contribution is -2.22. The van der Waals surface area contributed by atoms with E-state index in [1.54, 1.807) is 18.5 Å². The molecule has 0 aliphatic heterocycles. The monoisotopic (exact) mass is 284 g/mol. The first-order valence-electron chi connectivity index (χ1n) is 5.73. The summed E-state index contributed by atoms with van der Waals surface area (Å²) in [6.07, 6.45) is 3.40. The van der Waals surface area contributed by atoms with Crippen molar-refractivity contribution in [2.45, 2.75) is 20.0 Å². The topological polar surface area (TPSA) is 29.3 Å². The van der Waals surface area contributed by atoms with E-state index < -0.39 is 0 Å². The standard InChI is InChI=1S/C13H14Cl2N2O/c1-2-17(9-11-4-3-5-18-11)8-10-7-16-13(15)6-12(10)14/h3-7H,2,8-9H2,1H3. The van der Waals surface area contributed by atoms with Crippen LogP contribution in [0.3, 0.4) is 0 Å². The van der Waals surface area contributed by atoms with Crippen LogP contribution < -0.4 is 0 Å². The maximum Gasteiger partial charge on any atom is 0.130 e. The molecule has 2 heterocycles. The third-order valence-corrected chi connectivity index (χ3v) is 3.26. The van der Waals surface area contributed by atoms with Crippen LogP contribution in [0.15, 0.2) is 35.1 Å². The molecule has 0 fully saturated rings. The molecule has 3 nitrogen and oxygen atoms in total. The summed E-state index contributed by atoms with van der Waals surface area (Å²) in [5, 5.41) is 1.06. The molecule has 0 atom stereocenters. The van der Waals surface area contributed by atoms with Gasteiger partial charge in [0.05, 0.1) is 12.8 Å². The van der Waals surface area contributed by atoms with Crippen molar-refractivity contribution in [3.8, 4) is 0 Å². The minimum Gasteiger partial charge on any atom is -0.468 e. The van der Waals surface area contributed by atoms with Crippen molar-refractivity contribution in [1.29, 1.82) is 0 Å². The van der Waals surface area contributed by atoms with Gasteiger partial charge in [0.2, 0.25) is 0 Å². The van der Waals surface area contributed by atoms with Crippen molar-refractivity contribution in [1.82, 2.24) is 9.88 Å². The maximum absolute atomic E-state index is 6.14. The summed E-state index contributed by atoms with van der Waals surface area (Å²) >= 11 is 11.9. The van der Waals surface area contributed by atoms with Crippen molar-refractivity contribution >= 4 is 23.2 Å². The fraction of sp³-hybridized carbons (Fsp3) is 0.308. The minimum absolute atomic E-state index is 0.415. The van der Waals surface area contributed by atoms with Gasteiger partial charge in [-0.2, -0.15) is 0 Å². The van der Waals surface area contributed by atoms with Crippen LogP contribution in [0.25, 0.3) is 0 Å². The number of halogens is 2. The Labute approximate surface area is 116 Å². The number of hydrogen-bond donors (Lipinski definition) is 0. The summed E-state index contributed by atoms with van der Waals surface area (Å²) in [5.41, 5.74) is 0.967. The van der Waals surface area contributed by atoms with Gasteiger partial charge in [-0.05, 0) is 24.7 Å². The van der Waals surface area contributed by atoms with Gasteiger partial charge in [-0.15, -0.1) is 0 Å². The Hall–Kier alpha value is -1.03. The first-order chi connectivity index (χ1) is 8.69. The molecule has 0 spiro atoms. The molecule has 0 aliphatic rings. The Balaban J connectivity index is 2.05. The molecule has 0 bridgehead atoms. The van der Waals surface area contributed by atoms with Crippen LogP contribution in [-0.2, 0) is 13.1 Å². The summed E-state index contributed by atoms with van der Waals surface area (Å²) in [6.45, 7) is 4.47. The highest BCUT2D eigenvalue weighted by molar-refractivity contribution is 6.34. The highest BCUT2D eigenvalue weighted by Crippen LogP contribution is 2.20. The normalized spacial score (nSPS) is 11.1. The largest absolute Gasteiger partial charge is 0.468 e. The summed E-state index contributed by atoms with van der Waals surface area (Å²) in [6, 6.07) is 5.52. The summed E-state index contributed by atoms with van der Waals surface area (Å²) < 4.78 is 5.34. The molecular formula is C13H14Cl2N2O. The quantitative estimate of drug-likeness (QED) is 0.777. The van der Waals surface area contributed by atoms with Crippen LogP contribution in [0.4, 0.5) is 0 Å². The van der Waals surface area contributed by atoms with E-state index in [0.717, 1.165) is 31.0 Å². The molecule has 0 aromatic carbocycles. The lowest BCUT2D eigenvalue weighted by Gasteiger charge is -2.19. The van der Waals surface area contributed by atoms with Gasteiger partial charge in [-0.1, -0.05) is 30.1 Å². The molecule has 0 N–H and O–H groups in total. The van der Waals surface area contributed by atoms with Crippen LogP contribution in [0.1, 0.15) is 18.2 Å². The SMILES string of the molecule is CCN(Cc1ccco1)Cc1cnc(Cl)cc1Cl. The molecule has 2 rings (SSSR count). The Morgan fingerprint density at radius 2 is 2.17 bits per heavy atom. The fourth-order valence-corrected chi connectivity index (χ4v) is 2.12. The van der Waals surface area contributed by atoms with E-state index in [1.165, 1.54) is 0 Å². The zero-order chi connectivity index (χ0) is 13.0. The van der Waals surface area contributed by atoms with E-state index in [0.29, 0.717) is 10.2 Å². The highest BCUT2D eigenvalue weighted by atomic mass is 35.5. The second-order valence-electron chi connectivity index (χ2n) is 3.98. The van der Waals surface area contributed by atoms with Gasteiger partial charge in [0.15, 0.2) is 0 Å². The van der Waals surface area contributed by atoms with E-state index in [2.05, 4.69) is 16.8 Å². The van der Waals surface area contributed by atoms with Crippen LogP contribution in [-0.4, -0.2) is 16.4 Å². The first kappa shape index (κ1) is 13.4. The van der Waals surface area contributed by atoms with Gasteiger partial charge < -0.3 is 4.42 Å². The maximum atomic E-state index is 6.14. The lowest BCUT2D eigenvalue weighted by atomic mass is 10.2. The summed E-state index contributed by atoms with van der Waals surface area (Å²) in [7, 11) is 0. The predicted molar refractivity (Wildman–Crippen MR) is 72.8 cm³/mol. The third kappa shape index (κ3) is 3.48. The number of pyridine rings is 1. The lowest BCUT2D eigenvalue weighted by molar-refractivity contribution is 0.247. The zero-order valence-electron chi connectivity index (χ0n) is 10.1. The van der Waals surface area contributed by atoms with Gasteiger partial charge in [-0.3, -0.25) is 4.90 Å². The van der Waals surface area contributed by atoms with Gasteiger partial charge >= 0.3 is 0 Å². The number of rotatable bonds is 5. The number of hydrogen-bond acceptors (Lipinski definition) is 3. The molecular weight excluding hydrogens is 271 g/mol. The van der Waals surface area contributed by atoms with Crippen molar-refractivity contribution < 1.29 is 4.42 Å². The zero-order valence-corrected chi connectivity index (χ0v) is 11.6. The molecule has 0 unspecified atom stereocenters. The summed E-state index contributed by atoms with van der Waals surface area (Å²) in [4.78, 5) is 6.27. The number of furan rings is 1. The molecule has 0 radical (unpaired) electrons. The van der Waals surface area contributed by atoms with Gasteiger partial charge in [0.1, 0.15) is 10.9 Å². The van der Waals surface area contributed by atoms with Crippen LogP contribution >= 0.6 is 23.2 Å². The highest BCUT2D eigenvalue weighted by Gasteiger charge is 2.10. The second-order valence-corrected chi connectivity index (χ2v) is 4.78. The predicted octanol–water partition coefficient (Wildman–Crippen LogP) is 4.00. The molecule has 0 saturated carbocycles. The molecule has 2 aromatic rings. The molecule has 0 saturated heterocycles. The van der Waals surface area contributed by atoms with Gasteiger partial charge in [0, 0.05) is 23.3 Å². The van der Waals surface area contributed by atoms with E-state index in [9.17, 15) is 0 Å². The molecule has 0 aliphatic carbocycles. The van der Waals surface area contributed by atoms with E-state index in [4.69, 9.17) is 27.6 Å². The van der Waals surface area contributed by atoms with Crippen molar-refractivity contribution in [3.63, 3.8) is 0 Å².